The molecule has 24 heavy (non-hydrogen) atoms. The zero-order valence-electron chi connectivity index (χ0n) is 13.8. The second-order valence-electron chi connectivity index (χ2n) is 6.03. The molecule has 0 saturated heterocycles. The molecule has 0 spiro atoms. The van der Waals surface area contributed by atoms with Gasteiger partial charge in [0, 0.05) is 24.4 Å². The summed E-state index contributed by atoms with van der Waals surface area (Å²) < 4.78 is 13.1. The van der Waals surface area contributed by atoms with Crippen LogP contribution in [0.5, 0.6) is 0 Å². The SMILES string of the molecule is CCc1nc2n(n1)C[C@@H](NCc1nnc(-c3occc3C)o1)CC2. The molecule has 8 heteroatoms. The molecule has 0 aliphatic carbocycles. The van der Waals surface area contributed by atoms with Crippen LogP contribution >= 0.6 is 0 Å². The van der Waals surface area contributed by atoms with Crippen molar-refractivity contribution in [3.63, 3.8) is 0 Å². The molecule has 8 nitrogen and oxygen atoms in total. The maximum Gasteiger partial charge on any atom is 0.283 e. The van der Waals surface area contributed by atoms with Crippen LogP contribution in [0.25, 0.3) is 11.7 Å². The van der Waals surface area contributed by atoms with Crippen LogP contribution in [0.2, 0.25) is 0 Å². The monoisotopic (exact) mass is 328 g/mol. The topological polar surface area (TPSA) is 94.8 Å². The lowest BCUT2D eigenvalue weighted by molar-refractivity contribution is 0.341. The molecule has 3 aromatic rings. The van der Waals surface area contributed by atoms with Crippen LogP contribution in [0.1, 0.15) is 36.4 Å². The predicted octanol–water partition coefficient (Wildman–Crippen LogP) is 1.90. The third kappa shape index (κ3) is 2.84. The van der Waals surface area contributed by atoms with Crippen molar-refractivity contribution in [3.8, 4) is 11.7 Å². The first kappa shape index (κ1) is 15.1. The number of nitrogens with one attached hydrogen (secondary N) is 1. The Morgan fingerprint density at radius 1 is 1.38 bits per heavy atom. The lowest BCUT2D eigenvalue weighted by Crippen LogP contribution is -2.37. The molecular weight excluding hydrogens is 308 g/mol. The molecule has 0 amide bonds. The highest BCUT2D eigenvalue weighted by Gasteiger charge is 2.22. The largest absolute Gasteiger partial charge is 0.459 e. The Morgan fingerprint density at radius 2 is 2.29 bits per heavy atom. The molecule has 4 heterocycles. The summed E-state index contributed by atoms with van der Waals surface area (Å²) in [5, 5.41) is 16.1. The van der Waals surface area contributed by atoms with Gasteiger partial charge in [-0.15, -0.1) is 10.2 Å². The normalized spacial score (nSPS) is 17.2. The number of hydrogen-bond acceptors (Lipinski definition) is 7. The summed E-state index contributed by atoms with van der Waals surface area (Å²) in [5.74, 6) is 3.61. The Labute approximate surface area is 139 Å². The Bertz CT molecular complexity index is 833. The number of hydrogen-bond donors (Lipinski definition) is 1. The maximum atomic E-state index is 5.68. The molecule has 0 aromatic carbocycles. The van der Waals surface area contributed by atoms with Crippen molar-refractivity contribution in [1.82, 2.24) is 30.3 Å². The van der Waals surface area contributed by atoms with Crippen LogP contribution in [-0.2, 0) is 25.9 Å². The van der Waals surface area contributed by atoms with Crippen molar-refractivity contribution in [3.05, 3.63) is 35.4 Å². The van der Waals surface area contributed by atoms with Gasteiger partial charge in [0.1, 0.15) is 5.82 Å². The van der Waals surface area contributed by atoms with Gasteiger partial charge in [0.25, 0.3) is 5.89 Å². The lowest BCUT2D eigenvalue weighted by Gasteiger charge is -2.22. The molecule has 0 saturated carbocycles. The van der Waals surface area contributed by atoms with Gasteiger partial charge in [-0.2, -0.15) is 5.10 Å². The van der Waals surface area contributed by atoms with E-state index in [-0.39, 0.29) is 0 Å². The van der Waals surface area contributed by atoms with E-state index in [0.29, 0.717) is 30.1 Å². The highest BCUT2D eigenvalue weighted by molar-refractivity contribution is 5.49. The molecular formula is C16H20N6O2. The van der Waals surface area contributed by atoms with Crippen molar-refractivity contribution in [2.24, 2.45) is 0 Å². The van der Waals surface area contributed by atoms with E-state index in [9.17, 15) is 0 Å². The average molecular weight is 328 g/mol. The zero-order chi connectivity index (χ0) is 16.5. The van der Waals surface area contributed by atoms with Crippen molar-refractivity contribution < 1.29 is 8.83 Å². The first-order chi connectivity index (χ1) is 11.7. The first-order valence-corrected chi connectivity index (χ1v) is 8.25. The van der Waals surface area contributed by atoms with Crippen LogP contribution in [0.3, 0.4) is 0 Å². The van der Waals surface area contributed by atoms with Crippen molar-refractivity contribution in [1.29, 1.82) is 0 Å². The second-order valence-corrected chi connectivity index (χ2v) is 6.03. The molecule has 1 aliphatic rings. The quantitative estimate of drug-likeness (QED) is 0.764. The van der Waals surface area contributed by atoms with Gasteiger partial charge >= 0.3 is 0 Å². The molecule has 0 radical (unpaired) electrons. The van der Waals surface area contributed by atoms with Crippen LogP contribution < -0.4 is 5.32 Å². The minimum Gasteiger partial charge on any atom is -0.459 e. The molecule has 0 fully saturated rings. The minimum atomic E-state index is 0.324. The van der Waals surface area contributed by atoms with Crippen molar-refractivity contribution in [2.75, 3.05) is 0 Å². The molecule has 0 bridgehead atoms. The van der Waals surface area contributed by atoms with Gasteiger partial charge in [0.15, 0.2) is 11.6 Å². The van der Waals surface area contributed by atoms with E-state index in [2.05, 4.69) is 32.5 Å². The summed E-state index contributed by atoms with van der Waals surface area (Å²) in [4.78, 5) is 4.53. The molecule has 1 atom stereocenters. The number of aryl methyl sites for hydroxylation is 3. The first-order valence-electron chi connectivity index (χ1n) is 8.25. The predicted molar refractivity (Wildman–Crippen MR) is 85.1 cm³/mol. The highest BCUT2D eigenvalue weighted by atomic mass is 16.4. The van der Waals surface area contributed by atoms with E-state index < -0.39 is 0 Å². The standard InChI is InChI=1S/C16H20N6O2/c1-3-12-18-13-5-4-11(9-22(13)21-12)17-8-14-19-20-16(24-14)15-10(2)6-7-23-15/h6-7,11,17H,3-5,8-9H2,1-2H3/t11-/m0/s1. The fourth-order valence-corrected chi connectivity index (χ4v) is 2.92. The third-order valence-electron chi connectivity index (χ3n) is 4.28. The van der Waals surface area contributed by atoms with Gasteiger partial charge in [-0.3, -0.25) is 0 Å². The van der Waals surface area contributed by atoms with Gasteiger partial charge in [-0.05, 0) is 19.4 Å². The Morgan fingerprint density at radius 3 is 3.08 bits per heavy atom. The molecule has 1 aliphatic heterocycles. The second kappa shape index (κ2) is 6.20. The number of aromatic nitrogens is 5. The summed E-state index contributed by atoms with van der Waals surface area (Å²) in [5.41, 5.74) is 0.982. The summed E-state index contributed by atoms with van der Waals surface area (Å²) in [6.45, 7) is 5.37. The van der Waals surface area contributed by atoms with Gasteiger partial charge in [-0.1, -0.05) is 6.92 Å². The van der Waals surface area contributed by atoms with Crippen LogP contribution in [0.15, 0.2) is 21.2 Å². The van der Waals surface area contributed by atoms with E-state index >= 15 is 0 Å². The number of rotatable bonds is 5. The Kier molecular flexibility index (Phi) is 3.89. The smallest absolute Gasteiger partial charge is 0.283 e. The summed E-state index contributed by atoms with van der Waals surface area (Å²) in [7, 11) is 0. The Hall–Kier alpha value is -2.48. The van der Waals surface area contributed by atoms with Gasteiger partial charge in [-0.25, -0.2) is 9.67 Å². The molecule has 1 N–H and O–H groups in total. The van der Waals surface area contributed by atoms with Gasteiger partial charge in [0.05, 0.1) is 19.4 Å². The van der Waals surface area contributed by atoms with E-state index in [1.807, 2.05) is 17.7 Å². The van der Waals surface area contributed by atoms with Crippen LogP contribution in [0.4, 0.5) is 0 Å². The molecule has 126 valence electrons. The molecule has 4 rings (SSSR count). The fraction of sp³-hybridized carbons (Fsp3) is 0.500. The lowest BCUT2D eigenvalue weighted by atomic mass is 10.1. The zero-order valence-corrected chi connectivity index (χ0v) is 13.8. The Balaban J connectivity index is 1.38. The van der Waals surface area contributed by atoms with E-state index in [4.69, 9.17) is 8.83 Å². The third-order valence-corrected chi connectivity index (χ3v) is 4.28. The van der Waals surface area contributed by atoms with Gasteiger partial charge < -0.3 is 14.2 Å². The highest BCUT2D eigenvalue weighted by Crippen LogP contribution is 2.22. The van der Waals surface area contributed by atoms with Crippen molar-refractivity contribution >= 4 is 0 Å². The summed E-state index contributed by atoms with van der Waals surface area (Å²) in [6, 6.07) is 2.20. The molecule has 3 aromatic heterocycles. The van der Waals surface area contributed by atoms with Gasteiger partial charge in [0.2, 0.25) is 5.89 Å². The summed E-state index contributed by atoms with van der Waals surface area (Å²) in [6.07, 6.45) is 4.45. The number of fused-ring (bicyclic) bond motifs is 1. The van der Waals surface area contributed by atoms with E-state index in [1.54, 1.807) is 6.26 Å². The van der Waals surface area contributed by atoms with E-state index in [1.165, 1.54) is 0 Å². The van der Waals surface area contributed by atoms with Crippen LogP contribution in [0, 0.1) is 6.92 Å². The number of furan rings is 1. The molecule has 0 unspecified atom stereocenters. The number of nitrogens with zero attached hydrogens (tertiary/aromatic N) is 5. The van der Waals surface area contributed by atoms with Crippen molar-refractivity contribution in [2.45, 2.75) is 52.2 Å². The summed E-state index contributed by atoms with van der Waals surface area (Å²) >= 11 is 0. The average Bonchev–Trinajstić information content (AvgIpc) is 3.30. The maximum absolute atomic E-state index is 5.68. The van der Waals surface area contributed by atoms with Crippen LogP contribution in [-0.4, -0.2) is 31.0 Å². The minimum absolute atomic E-state index is 0.324. The van der Waals surface area contributed by atoms with E-state index in [0.717, 1.165) is 43.0 Å². The fourth-order valence-electron chi connectivity index (χ4n) is 2.92.